The standard InChI is InChI=1S/C23H25FO3/c1-3-4-15-23(2,16-9-8-12-18-10-6-5-7-11-18)27-21-17-19(22(25)26)13-14-20(21)24/h5-14,16-17H,3-4,15H2,1-2H3,(H,25,26)/p-1/b12-8-,16-9+. The zero-order valence-electron chi connectivity index (χ0n) is 15.7. The summed E-state index contributed by atoms with van der Waals surface area (Å²) in [4.78, 5) is 11.0. The Bertz CT molecular complexity index is 812. The van der Waals surface area contributed by atoms with Crippen molar-refractivity contribution >= 4 is 12.0 Å². The summed E-state index contributed by atoms with van der Waals surface area (Å²) in [6.45, 7) is 3.93. The normalized spacial score (nSPS) is 13.7. The van der Waals surface area contributed by atoms with Crippen molar-refractivity contribution in [3.05, 3.63) is 83.7 Å². The quantitative estimate of drug-likeness (QED) is 0.599. The van der Waals surface area contributed by atoms with Crippen molar-refractivity contribution in [2.24, 2.45) is 0 Å². The van der Waals surface area contributed by atoms with E-state index >= 15 is 0 Å². The summed E-state index contributed by atoms with van der Waals surface area (Å²) in [5.41, 5.74) is 0.200. The van der Waals surface area contributed by atoms with Gasteiger partial charge in [-0.1, -0.05) is 61.9 Å². The van der Waals surface area contributed by atoms with E-state index in [9.17, 15) is 14.3 Å². The number of hydrogen-bond donors (Lipinski definition) is 0. The molecule has 0 saturated carbocycles. The second-order valence-electron chi connectivity index (χ2n) is 6.58. The number of hydrogen-bond acceptors (Lipinski definition) is 3. The van der Waals surface area contributed by atoms with Crippen LogP contribution in [0.4, 0.5) is 4.39 Å². The monoisotopic (exact) mass is 367 g/mol. The van der Waals surface area contributed by atoms with Crippen LogP contribution in [0, 0.1) is 5.82 Å². The van der Waals surface area contributed by atoms with Crippen LogP contribution in [0.1, 0.15) is 49.0 Å². The number of benzene rings is 2. The molecule has 2 rings (SSSR count). The van der Waals surface area contributed by atoms with Crippen molar-refractivity contribution in [2.45, 2.75) is 38.7 Å². The molecular formula is C23H24FO3-. The van der Waals surface area contributed by atoms with Gasteiger partial charge in [0.2, 0.25) is 0 Å². The van der Waals surface area contributed by atoms with Crippen LogP contribution in [0.5, 0.6) is 5.75 Å². The van der Waals surface area contributed by atoms with Crippen LogP contribution >= 0.6 is 0 Å². The number of unbranched alkanes of at least 4 members (excludes halogenated alkanes) is 1. The molecule has 0 saturated heterocycles. The maximum Gasteiger partial charge on any atom is 0.165 e. The number of ether oxygens (including phenoxy) is 1. The van der Waals surface area contributed by atoms with Gasteiger partial charge in [0.05, 0.1) is 5.97 Å². The van der Waals surface area contributed by atoms with Gasteiger partial charge in [0, 0.05) is 5.56 Å². The number of carboxylic acid groups (broad SMARTS) is 1. The van der Waals surface area contributed by atoms with E-state index in [0.29, 0.717) is 6.42 Å². The summed E-state index contributed by atoms with van der Waals surface area (Å²) in [7, 11) is 0. The SMILES string of the molecule is CCCCC(C)(/C=C/C=C\c1ccccc1)Oc1cc(C(=O)[O-])ccc1F. The third kappa shape index (κ3) is 6.41. The fourth-order valence-corrected chi connectivity index (χ4v) is 2.65. The van der Waals surface area contributed by atoms with Crippen LogP contribution in [0.15, 0.2) is 66.8 Å². The van der Waals surface area contributed by atoms with E-state index in [4.69, 9.17) is 4.74 Å². The summed E-state index contributed by atoms with van der Waals surface area (Å²) >= 11 is 0. The highest BCUT2D eigenvalue weighted by molar-refractivity contribution is 5.86. The maximum atomic E-state index is 14.1. The van der Waals surface area contributed by atoms with Crippen molar-refractivity contribution in [3.63, 3.8) is 0 Å². The zero-order valence-corrected chi connectivity index (χ0v) is 15.7. The molecule has 142 valence electrons. The smallest absolute Gasteiger partial charge is 0.165 e. The van der Waals surface area contributed by atoms with E-state index < -0.39 is 17.4 Å². The molecule has 2 aromatic carbocycles. The van der Waals surface area contributed by atoms with Crippen LogP contribution in [-0.4, -0.2) is 11.6 Å². The lowest BCUT2D eigenvalue weighted by Gasteiger charge is -2.28. The Morgan fingerprint density at radius 3 is 2.59 bits per heavy atom. The summed E-state index contributed by atoms with van der Waals surface area (Å²) in [6, 6.07) is 13.3. The molecule has 0 heterocycles. The fraction of sp³-hybridized carbons (Fsp3) is 0.261. The molecule has 27 heavy (non-hydrogen) atoms. The maximum absolute atomic E-state index is 14.1. The topological polar surface area (TPSA) is 49.4 Å². The van der Waals surface area contributed by atoms with E-state index in [1.54, 1.807) is 0 Å². The molecule has 0 aliphatic heterocycles. The lowest BCUT2D eigenvalue weighted by molar-refractivity contribution is -0.255. The molecule has 0 N–H and O–H groups in total. The minimum absolute atomic E-state index is 0.0907. The highest BCUT2D eigenvalue weighted by atomic mass is 19.1. The molecule has 0 aliphatic carbocycles. The lowest BCUT2D eigenvalue weighted by Crippen LogP contribution is -2.30. The number of aromatic carboxylic acids is 1. The second kappa shape index (κ2) is 9.72. The van der Waals surface area contributed by atoms with Crippen molar-refractivity contribution in [3.8, 4) is 5.75 Å². The summed E-state index contributed by atoms with van der Waals surface area (Å²) in [5, 5.41) is 11.0. The second-order valence-corrected chi connectivity index (χ2v) is 6.58. The highest BCUT2D eigenvalue weighted by Crippen LogP contribution is 2.28. The first-order valence-corrected chi connectivity index (χ1v) is 9.04. The number of carboxylic acids is 1. The Balaban J connectivity index is 2.20. The third-order valence-electron chi connectivity index (χ3n) is 4.18. The molecular weight excluding hydrogens is 343 g/mol. The summed E-state index contributed by atoms with van der Waals surface area (Å²) < 4.78 is 20.0. The molecule has 1 unspecified atom stereocenters. The first kappa shape index (κ1) is 20.4. The Kier molecular flexibility index (Phi) is 7.35. The molecule has 4 heteroatoms. The number of carbonyl (C=O) groups is 1. The molecule has 0 bridgehead atoms. The van der Waals surface area contributed by atoms with E-state index in [1.165, 1.54) is 12.1 Å². The molecule has 2 aromatic rings. The van der Waals surface area contributed by atoms with Crippen molar-refractivity contribution in [2.75, 3.05) is 0 Å². The molecule has 0 aromatic heterocycles. The minimum Gasteiger partial charge on any atom is -0.545 e. The molecule has 0 fully saturated rings. The largest absolute Gasteiger partial charge is 0.545 e. The van der Waals surface area contributed by atoms with Gasteiger partial charge >= 0.3 is 0 Å². The first-order chi connectivity index (χ1) is 12.9. The van der Waals surface area contributed by atoms with Crippen LogP contribution in [0.25, 0.3) is 6.08 Å². The van der Waals surface area contributed by atoms with E-state index in [-0.39, 0.29) is 11.3 Å². The molecule has 0 radical (unpaired) electrons. The third-order valence-corrected chi connectivity index (χ3v) is 4.18. The predicted octanol–water partition coefficient (Wildman–Crippen LogP) is 4.79. The van der Waals surface area contributed by atoms with Gasteiger partial charge in [-0.2, -0.15) is 0 Å². The number of allylic oxidation sites excluding steroid dienone is 2. The average molecular weight is 367 g/mol. The molecule has 3 nitrogen and oxygen atoms in total. The van der Waals surface area contributed by atoms with Gasteiger partial charge in [0.25, 0.3) is 0 Å². The van der Waals surface area contributed by atoms with Crippen LogP contribution in [0.2, 0.25) is 0 Å². The molecule has 1 atom stereocenters. The number of carbonyl (C=O) groups excluding carboxylic acids is 1. The van der Waals surface area contributed by atoms with Crippen molar-refractivity contribution in [1.82, 2.24) is 0 Å². The van der Waals surface area contributed by atoms with Crippen LogP contribution < -0.4 is 9.84 Å². The highest BCUT2D eigenvalue weighted by Gasteiger charge is 2.24. The average Bonchev–Trinajstić information content (AvgIpc) is 2.66. The van der Waals surface area contributed by atoms with E-state index in [2.05, 4.69) is 6.92 Å². The Morgan fingerprint density at radius 1 is 1.19 bits per heavy atom. The van der Waals surface area contributed by atoms with Gasteiger partial charge in [-0.3, -0.25) is 0 Å². The Morgan fingerprint density at radius 2 is 1.93 bits per heavy atom. The molecule has 0 aliphatic rings. The molecule has 0 amide bonds. The van der Waals surface area contributed by atoms with Gasteiger partial charge in [-0.25, -0.2) is 4.39 Å². The van der Waals surface area contributed by atoms with Gasteiger partial charge < -0.3 is 14.6 Å². The minimum atomic E-state index is -1.36. The van der Waals surface area contributed by atoms with Gasteiger partial charge in [0.1, 0.15) is 5.60 Å². The number of halogens is 1. The zero-order chi connectivity index (χ0) is 19.7. The van der Waals surface area contributed by atoms with Crippen LogP contribution in [0.3, 0.4) is 0 Å². The molecule has 0 spiro atoms. The number of rotatable bonds is 9. The van der Waals surface area contributed by atoms with Gasteiger partial charge in [-0.15, -0.1) is 0 Å². The predicted molar refractivity (Wildman–Crippen MR) is 104 cm³/mol. The van der Waals surface area contributed by atoms with Crippen molar-refractivity contribution in [1.29, 1.82) is 0 Å². The van der Waals surface area contributed by atoms with E-state index in [0.717, 1.165) is 24.5 Å². The van der Waals surface area contributed by atoms with Crippen LogP contribution in [-0.2, 0) is 0 Å². The Hall–Kier alpha value is -2.88. The summed E-state index contributed by atoms with van der Waals surface area (Å²) in [5.74, 6) is -2.06. The van der Waals surface area contributed by atoms with Gasteiger partial charge in [0.15, 0.2) is 11.6 Å². The summed E-state index contributed by atoms with van der Waals surface area (Å²) in [6.07, 6.45) is 10.1. The van der Waals surface area contributed by atoms with E-state index in [1.807, 2.05) is 61.6 Å². The first-order valence-electron chi connectivity index (χ1n) is 9.04. The van der Waals surface area contributed by atoms with Crippen molar-refractivity contribution < 1.29 is 19.0 Å². The van der Waals surface area contributed by atoms with Gasteiger partial charge in [-0.05, 0) is 49.6 Å². The lowest BCUT2D eigenvalue weighted by atomic mass is 9.97. The fourth-order valence-electron chi connectivity index (χ4n) is 2.65. The Labute approximate surface area is 159 Å².